The first kappa shape index (κ1) is 52.9. The van der Waals surface area contributed by atoms with Crippen molar-refractivity contribution in [2.45, 2.75) is 142 Å². The third kappa shape index (κ3) is 13.3. The molecule has 30 heteroatoms. The fraction of sp³-hybridized carbons (Fsp3) is 0.903. The van der Waals surface area contributed by atoms with Crippen molar-refractivity contribution in [1.29, 1.82) is 0 Å². The molecule has 0 aliphatic carbocycles. The standard InChI is InChI=1S/C31H54N2O27S/c1-9(37)32-17-11(39)3-31(30(49)50,59-26(17)21(45)13(41)5-35)60-27-22(46)15(6-36)56-29(24(27)48)58-25-16(8-55-61(51,52)53)57-28(18(23(25)47)33-10(2)38)54-7-14(42)20(44)19(43)12(40)4-34/h11-29,34-36,39-48H,3-8H2,1-2H3,(H,32,37)(H,33,38)(H,49,50)(H,51,52,53)/t11-,12-,13+,14+,15+,16+,17+,18+,19+,20-,21+,22-,23+,24+,25+,26+,27-,28+,29-,31-/m0/s1. The van der Waals surface area contributed by atoms with Gasteiger partial charge in [0.15, 0.2) is 12.6 Å². The molecule has 3 rings (SSSR count). The summed E-state index contributed by atoms with van der Waals surface area (Å²) in [5.41, 5.74) is 0. The quantitative estimate of drug-likeness (QED) is 0.0475. The Labute approximate surface area is 345 Å². The van der Waals surface area contributed by atoms with E-state index in [0.717, 1.165) is 13.8 Å². The van der Waals surface area contributed by atoms with Gasteiger partial charge in [0.05, 0.1) is 45.2 Å². The number of rotatable bonds is 21. The van der Waals surface area contributed by atoms with Crippen molar-refractivity contribution in [3.63, 3.8) is 0 Å². The summed E-state index contributed by atoms with van der Waals surface area (Å²) >= 11 is 0. The molecule has 356 valence electrons. The molecule has 17 N–H and O–H groups in total. The maximum atomic E-state index is 12.8. The van der Waals surface area contributed by atoms with Crippen molar-refractivity contribution in [2.24, 2.45) is 0 Å². The molecule has 29 nitrogen and oxygen atoms in total. The van der Waals surface area contributed by atoms with E-state index in [9.17, 15) is 93.7 Å². The molecule has 0 unspecified atom stereocenters. The van der Waals surface area contributed by atoms with Crippen molar-refractivity contribution in [3.8, 4) is 0 Å². The molecule has 2 amide bonds. The summed E-state index contributed by atoms with van der Waals surface area (Å²) in [6.45, 7) is -3.69. The summed E-state index contributed by atoms with van der Waals surface area (Å²) in [5.74, 6) is -7.02. The first-order valence-electron chi connectivity index (χ1n) is 18.3. The largest absolute Gasteiger partial charge is 0.477 e. The van der Waals surface area contributed by atoms with Crippen LogP contribution in [0.2, 0.25) is 0 Å². The van der Waals surface area contributed by atoms with Crippen LogP contribution in [-0.4, -0.2) is 257 Å². The van der Waals surface area contributed by atoms with Crippen LogP contribution >= 0.6 is 0 Å². The molecule has 20 atom stereocenters. The smallest absolute Gasteiger partial charge is 0.397 e. The van der Waals surface area contributed by atoms with Gasteiger partial charge in [-0.2, -0.15) is 8.42 Å². The molecule has 0 aromatic heterocycles. The minimum atomic E-state index is -5.31. The minimum absolute atomic E-state index is 0.827. The van der Waals surface area contributed by atoms with Crippen LogP contribution in [0.5, 0.6) is 0 Å². The van der Waals surface area contributed by atoms with Gasteiger partial charge in [0.2, 0.25) is 11.8 Å². The molecule has 3 saturated heterocycles. The van der Waals surface area contributed by atoms with Crippen molar-refractivity contribution in [2.75, 3.05) is 33.0 Å². The van der Waals surface area contributed by atoms with Gasteiger partial charge in [-0.3, -0.25) is 14.1 Å². The third-order valence-electron chi connectivity index (χ3n) is 9.81. The normalized spacial score (nSPS) is 37.7. The highest BCUT2D eigenvalue weighted by molar-refractivity contribution is 7.80. The van der Waals surface area contributed by atoms with Crippen LogP contribution in [0, 0.1) is 0 Å². The van der Waals surface area contributed by atoms with E-state index in [-0.39, 0.29) is 0 Å². The first-order chi connectivity index (χ1) is 28.3. The summed E-state index contributed by atoms with van der Waals surface area (Å²) in [6.07, 6.45) is -37.2. The lowest BCUT2D eigenvalue weighted by molar-refractivity contribution is -0.382. The molecular weight excluding hydrogens is 864 g/mol. The molecule has 0 aromatic rings. The molecule has 3 heterocycles. The van der Waals surface area contributed by atoms with Crippen molar-refractivity contribution in [3.05, 3.63) is 0 Å². The summed E-state index contributed by atoms with van der Waals surface area (Å²) in [7, 11) is -5.31. The van der Waals surface area contributed by atoms with Crippen molar-refractivity contribution < 1.29 is 131 Å². The molecule has 61 heavy (non-hydrogen) atoms. The van der Waals surface area contributed by atoms with E-state index in [0.29, 0.717) is 0 Å². The van der Waals surface area contributed by atoms with Crippen LogP contribution in [0.4, 0.5) is 0 Å². The second-order valence-corrected chi connectivity index (χ2v) is 15.5. The Morgan fingerprint density at radius 1 is 0.770 bits per heavy atom. The van der Waals surface area contributed by atoms with Gasteiger partial charge < -0.3 is 111 Å². The average Bonchev–Trinajstić information content (AvgIpc) is 3.19. The van der Waals surface area contributed by atoms with Gasteiger partial charge in [-0.1, -0.05) is 0 Å². The number of aliphatic carboxylic acids is 1. The Morgan fingerprint density at radius 2 is 1.33 bits per heavy atom. The molecular formula is C31H54N2O27S. The molecule has 3 aliphatic heterocycles. The van der Waals surface area contributed by atoms with Crippen LogP contribution in [0.25, 0.3) is 0 Å². The number of hydrogen-bond donors (Lipinski definition) is 17. The fourth-order valence-electron chi connectivity index (χ4n) is 6.69. The van der Waals surface area contributed by atoms with E-state index in [4.69, 9.17) is 33.5 Å². The van der Waals surface area contributed by atoms with Gasteiger partial charge in [-0.15, -0.1) is 0 Å². The molecule has 0 saturated carbocycles. The summed E-state index contributed by atoms with van der Waals surface area (Å²) < 4.78 is 70.2. The summed E-state index contributed by atoms with van der Waals surface area (Å²) in [6, 6.07) is -3.47. The lowest BCUT2D eigenvalue weighted by Gasteiger charge is -2.51. The van der Waals surface area contributed by atoms with Gasteiger partial charge in [0.25, 0.3) is 5.79 Å². The molecule has 0 aromatic carbocycles. The van der Waals surface area contributed by atoms with Crippen LogP contribution in [0.15, 0.2) is 0 Å². The average molecular weight is 919 g/mol. The number of carboxylic acids is 1. The molecule has 3 aliphatic rings. The van der Waals surface area contributed by atoms with Gasteiger partial charge >= 0.3 is 16.4 Å². The number of amides is 2. The van der Waals surface area contributed by atoms with Crippen molar-refractivity contribution in [1.82, 2.24) is 10.6 Å². The highest BCUT2D eigenvalue weighted by atomic mass is 32.3. The van der Waals surface area contributed by atoms with E-state index in [1.54, 1.807) is 0 Å². The van der Waals surface area contributed by atoms with E-state index >= 15 is 0 Å². The number of carbonyl (C=O) groups excluding carboxylic acids is 2. The third-order valence-corrected chi connectivity index (χ3v) is 10.2. The fourth-order valence-corrected chi connectivity index (χ4v) is 7.00. The topological polar surface area (TPSA) is 477 Å². The van der Waals surface area contributed by atoms with Crippen LogP contribution in [-0.2, 0) is 57.4 Å². The van der Waals surface area contributed by atoms with Crippen LogP contribution in [0.1, 0.15) is 20.3 Å². The highest BCUT2D eigenvalue weighted by Crippen LogP contribution is 2.38. The zero-order chi connectivity index (χ0) is 46.3. The zero-order valence-electron chi connectivity index (χ0n) is 32.2. The monoisotopic (exact) mass is 918 g/mol. The zero-order valence-corrected chi connectivity index (χ0v) is 33.0. The Morgan fingerprint density at radius 3 is 1.85 bits per heavy atom. The number of aliphatic hydroxyl groups excluding tert-OH is 13. The Bertz CT molecular complexity index is 1550. The summed E-state index contributed by atoms with van der Waals surface area (Å²) in [5, 5.41) is 150. The SMILES string of the molecule is CC(=O)N[C@H]1[C@H](OC[C@@H](O)[C@H](O)[C@H](O)[C@@H](O)CO)O[C@H](COS(=O)(=O)O)[C@@H](O[C@@H]2O[C@H](CO)[C@H](O)[C@H](O[C@]3(C(=O)O)C[C@H](O)[C@@H](NC(C)=O)[C@H]([C@H](O)[C@H](O)CO)O3)[C@H]2O)[C@@H]1O. The minimum Gasteiger partial charge on any atom is -0.477 e. The van der Waals surface area contributed by atoms with E-state index in [1.807, 2.05) is 0 Å². The number of hydrogen-bond acceptors (Lipinski definition) is 25. The van der Waals surface area contributed by atoms with Crippen LogP contribution < -0.4 is 10.6 Å². The van der Waals surface area contributed by atoms with E-state index in [2.05, 4.69) is 14.8 Å². The number of aliphatic hydroxyl groups is 13. The lowest BCUT2D eigenvalue weighted by Crippen LogP contribution is -2.71. The predicted molar refractivity (Wildman–Crippen MR) is 187 cm³/mol. The number of carbonyl (C=O) groups is 3. The second kappa shape index (κ2) is 22.4. The van der Waals surface area contributed by atoms with Gasteiger partial charge in [-0.05, 0) is 0 Å². The lowest BCUT2D eigenvalue weighted by atomic mass is 9.88. The molecule has 3 fully saturated rings. The van der Waals surface area contributed by atoms with E-state index in [1.165, 1.54) is 0 Å². The molecule has 0 bridgehead atoms. The highest BCUT2D eigenvalue weighted by Gasteiger charge is 2.60. The van der Waals surface area contributed by atoms with Gasteiger partial charge in [0.1, 0.15) is 91.5 Å². The van der Waals surface area contributed by atoms with E-state index < -0.39 is 190 Å². The molecule has 0 radical (unpaired) electrons. The Hall–Kier alpha value is -2.48. The Kier molecular flexibility index (Phi) is 19.4. The van der Waals surface area contributed by atoms with Gasteiger partial charge in [0, 0.05) is 20.3 Å². The number of carboxylic acid groups (broad SMARTS) is 1. The van der Waals surface area contributed by atoms with Crippen molar-refractivity contribution >= 4 is 28.2 Å². The maximum Gasteiger partial charge on any atom is 0.397 e. The van der Waals surface area contributed by atoms with Gasteiger partial charge in [-0.25, -0.2) is 8.98 Å². The summed E-state index contributed by atoms with van der Waals surface area (Å²) in [4.78, 5) is 37.0. The maximum absolute atomic E-state index is 12.8. The number of nitrogens with one attached hydrogen (secondary N) is 2. The predicted octanol–water partition coefficient (Wildman–Crippen LogP) is -10.8. The molecule has 0 spiro atoms. The second-order valence-electron chi connectivity index (χ2n) is 14.4. The Balaban J connectivity index is 2.00. The first-order valence-corrected chi connectivity index (χ1v) is 19.7. The van der Waals surface area contributed by atoms with Crippen LogP contribution in [0.3, 0.4) is 0 Å². The number of ether oxygens (including phenoxy) is 6.